The zero-order valence-electron chi connectivity index (χ0n) is 8.80. The molecule has 1 aromatic heterocycles. The summed E-state index contributed by atoms with van der Waals surface area (Å²) in [5.41, 5.74) is -0.537. The molecule has 1 N–H and O–H groups in total. The summed E-state index contributed by atoms with van der Waals surface area (Å²) in [6, 6.07) is 0. The van der Waals surface area contributed by atoms with E-state index in [1.165, 1.54) is 0 Å². The predicted molar refractivity (Wildman–Crippen MR) is 53.0 cm³/mol. The number of aryl methyl sites for hydroxylation is 1. The van der Waals surface area contributed by atoms with Crippen molar-refractivity contribution in [2.45, 2.75) is 19.4 Å². The number of aromatic nitrogens is 3. The summed E-state index contributed by atoms with van der Waals surface area (Å²) in [5.74, 6) is 1.26. The standard InChI is InChI=1S/C9H16N4O/c1-7(2)9(14)5-13(6-9)8-4-10-11-12(8)3/h4,7,14H,5-6H2,1-3H3. The Morgan fingerprint density at radius 3 is 2.57 bits per heavy atom. The van der Waals surface area contributed by atoms with E-state index in [0.29, 0.717) is 19.0 Å². The number of aliphatic hydroxyl groups is 1. The Balaban J connectivity index is 2.05. The number of β-amino-alcohol motifs (C(OH)–C–C–N with tert-alkyl or cyclic N) is 1. The first kappa shape index (κ1) is 9.45. The molecule has 5 nitrogen and oxygen atoms in total. The third kappa shape index (κ3) is 1.28. The number of rotatable bonds is 2. The molecule has 0 bridgehead atoms. The molecule has 0 saturated carbocycles. The molecule has 0 amide bonds. The van der Waals surface area contributed by atoms with Gasteiger partial charge in [0.05, 0.1) is 19.3 Å². The van der Waals surface area contributed by atoms with E-state index in [4.69, 9.17) is 0 Å². The summed E-state index contributed by atoms with van der Waals surface area (Å²) in [5, 5.41) is 17.7. The molecule has 1 fully saturated rings. The van der Waals surface area contributed by atoms with Crippen LogP contribution in [0.15, 0.2) is 6.20 Å². The number of anilines is 1. The fraction of sp³-hybridized carbons (Fsp3) is 0.778. The summed E-state index contributed by atoms with van der Waals surface area (Å²) in [4.78, 5) is 2.08. The molecule has 0 spiro atoms. The van der Waals surface area contributed by atoms with E-state index in [1.807, 2.05) is 20.9 Å². The van der Waals surface area contributed by atoms with Crippen molar-refractivity contribution in [2.75, 3.05) is 18.0 Å². The molecule has 1 saturated heterocycles. The van der Waals surface area contributed by atoms with Crippen LogP contribution in [-0.4, -0.2) is 38.8 Å². The SMILES string of the molecule is CC(C)C1(O)CN(c2cnnn2C)C1. The first-order chi connectivity index (χ1) is 6.53. The lowest BCUT2D eigenvalue weighted by atomic mass is 9.83. The van der Waals surface area contributed by atoms with E-state index >= 15 is 0 Å². The molecule has 14 heavy (non-hydrogen) atoms. The molecule has 2 heterocycles. The van der Waals surface area contributed by atoms with Crippen molar-refractivity contribution in [3.8, 4) is 0 Å². The van der Waals surface area contributed by atoms with Gasteiger partial charge in [-0.3, -0.25) is 0 Å². The number of nitrogens with zero attached hydrogens (tertiary/aromatic N) is 4. The average Bonchev–Trinajstić information content (AvgIpc) is 2.45. The molecular formula is C9H16N4O. The van der Waals surface area contributed by atoms with Crippen LogP contribution in [0.1, 0.15) is 13.8 Å². The molecule has 1 aliphatic heterocycles. The van der Waals surface area contributed by atoms with Crippen LogP contribution in [0.2, 0.25) is 0 Å². The van der Waals surface area contributed by atoms with Crippen molar-refractivity contribution in [1.82, 2.24) is 15.0 Å². The van der Waals surface area contributed by atoms with Crippen molar-refractivity contribution in [2.24, 2.45) is 13.0 Å². The quantitative estimate of drug-likeness (QED) is 0.724. The summed E-state index contributed by atoms with van der Waals surface area (Å²) < 4.78 is 1.72. The minimum atomic E-state index is -0.537. The Bertz CT molecular complexity index is 327. The van der Waals surface area contributed by atoms with Crippen molar-refractivity contribution >= 4 is 5.82 Å². The van der Waals surface area contributed by atoms with Gasteiger partial charge in [0.2, 0.25) is 0 Å². The van der Waals surface area contributed by atoms with Crippen LogP contribution in [0.25, 0.3) is 0 Å². The highest BCUT2D eigenvalue weighted by atomic mass is 16.3. The molecule has 0 unspecified atom stereocenters. The van der Waals surface area contributed by atoms with E-state index in [9.17, 15) is 5.11 Å². The Kier molecular flexibility index (Phi) is 1.99. The lowest BCUT2D eigenvalue weighted by molar-refractivity contribution is -0.0307. The van der Waals surface area contributed by atoms with E-state index in [0.717, 1.165) is 5.82 Å². The van der Waals surface area contributed by atoms with Crippen LogP contribution in [0.5, 0.6) is 0 Å². The molecule has 1 aliphatic rings. The summed E-state index contributed by atoms with van der Waals surface area (Å²) in [6.45, 7) is 5.43. The average molecular weight is 196 g/mol. The van der Waals surface area contributed by atoms with E-state index < -0.39 is 5.60 Å². The Labute approximate surface area is 83.3 Å². The summed E-state index contributed by atoms with van der Waals surface area (Å²) >= 11 is 0. The molecular weight excluding hydrogens is 180 g/mol. The van der Waals surface area contributed by atoms with Gasteiger partial charge in [0.15, 0.2) is 0 Å². The van der Waals surface area contributed by atoms with Gasteiger partial charge in [-0.1, -0.05) is 19.1 Å². The Morgan fingerprint density at radius 1 is 1.50 bits per heavy atom. The maximum Gasteiger partial charge on any atom is 0.147 e. The van der Waals surface area contributed by atoms with Crippen LogP contribution in [0, 0.1) is 5.92 Å². The van der Waals surface area contributed by atoms with Gasteiger partial charge in [0, 0.05) is 7.05 Å². The highest BCUT2D eigenvalue weighted by molar-refractivity contribution is 5.42. The number of hydrogen-bond acceptors (Lipinski definition) is 4. The molecule has 0 atom stereocenters. The minimum absolute atomic E-state index is 0.292. The van der Waals surface area contributed by atoms with E-state index in [2.05, 4.69) is 15.2 Å². The van der Waals surface area contributed by atoms with Gasteiger partial charge in [-0.05, 0) is 5.92 Å². The van der Waals surface area contributed by atoms with Crippen LogP contribution in [0.4, 0.5) is 5.82 Å². The lowest BCUT2D eigenvalue weighted by Crippen LogP contribution is -2.65. The topological polar surface area (TPSA) is 54.2 Å². The Hall–Kier alpha value is -1.10. The third-order valence-corrected chi connectivity index (χ3v) is 3.02. The van der Waals surface area contributed by atoms with Crippen molar-refractivity contribution in [3.05, 3.63) is 6.20 Å². The van der Waals surface area contributed by atoms with Crippen LogP contribution in [0.3, 0.4) is 0 Å². The lowest BCUT2D eigenvalue weighted by Gasteiger charge is -2.49. The van der Waals surface area contributed by atoms with Gasteiger partial charge < -0.3 is 10.0 Å². The third-order valence-electron chi connectivity index (χ3n) is 3.02. The maximum atomic E-state index is 10.1. The van der Waals surface area contributed by atoms with Gasteiger partial charge in [0.1, 0.15) is 11.4 Å². The molecule has 0 radical (unpaired) electrons. The molecule has 0 aromatic carbocycles. The second-order valence-electron chi connectivity index (χ2n) is 4.33. The van der Waals surface area contributed by atoms with Gasteiger partial charge >= 0.3 is 0 Å². The van der Waals surface area contributed by atoms with Gasteiger partial charge in [-0.15, -0.1) is 5.10 Å². The van der Waals surface area contributed by atoms with Crippen LogP contribution < -0.4 is 4.90 Å². The van der Waals surface area contributed by atoms with Gasteiger partial charge in [-0.2, -0.15) is 0 Å². The summed E-state index contributed by atoms with van der Waals surface area (Å²) in [6.07, 6.45) is 1.72. The smallest absolute Gasteiger partial charge is 0.147 e. The van der Waals surface area contributed by atoms with Crippen molar-refractivity contribution in [1.29, 1.82) is 0 Å². The maximum absolute atomic E-state index is 10.1. The first-order valence-electron chi connectivity index (χ1n) is 4.85. The second-order valence-corrected chi connectivity index (χ2v) is 4.33. The fourth-order valence-electron chi connectivity index (χ4n) is 1.71. The van der Waals surface area contributed by atoms with E-state index in [-0.39, 0.29) is 0 Å². The largest absolute Gasteiger partial charge is 0.386 e. The normalized spacial score (nSPS) is 19.9. The van der Waals surface area contributed by atoms with E-state index in [1.54, 1.807) is 10.9 Å². The fourth-order valence-corrected chi connectivity index (χ4v) is 1.71. The summed E-state index contributed by atoms with van der Waals surface area (Å²) in [7, 11) is 1.86. The molecule has 2 rings (SSSR count). The minimum Gasteiger partial charge on any atom is -0.386 e. The van der Waals surface area contributed by atoms with Crippen molar-refractivity contribution in [3.63, 3.8) is 0 Å². The molecule has 78 valence electrons. The predicted octanol–water partition coefficient (Wildman–Crippen LogP) is 0.0222. The zero-order chi connectivity index (χ0) is 10.3. The van der Waals surface area contributed by atoms with Crippen LogP contribution in [-0.2, 0) is 7.05 Å². The molecule has 0 aliphatic carbocycles. The number of hydrogen-bond donors (Lipinski definition) is 1. The van der Waals surface area contributed by atoms with Crippen LogP contribution >= 0.6 is 0 Å². The second kappa shape index (κ2) is 2.95. The van der Waals surface area contributed by atoms with Crippen molar-refractivity contribution < 1.29 is 5.11 Å². The Morgan fingerprint density at radius 2 is 2.14 bits per heavy atom. The van der Waals surface area contributed by atoms with Gasteiger partial charge in [0.25, 0.3) is 0 Å². The molecule has 5 heteroatoms. The highest BCUT2D eigenvalue weighted by Gasteiger charge is 2.44. The highest BCUT2D eigenvalue weighted by Crippen LogP contribution is 2.31. The molecule has 1 aromatic rings. The van der Waals surface area contributed by atoms with Gasteiger partial charge in [-0.25, -0.2) is 4.68 Å². The first-order valence-corrected chi connectivity index (χ1v) is 4.85. The monoisotopic (exact) mass is 196 g/mol. The zero-order valence-corrected chi connectivity index (χ0v) is 8.80.